The maximum atomic E-state index is 13.3. The molecule has 0 aromatic heterocycles. The summed E-state index contributed by atoms with van der Waals surface area (Å²) in [7, 11) is 0. The summed E-state index contributed by atoms with van der Waals surface area (Å²) < 4.78 is 12.4. The Balaban J connectivity index is 1.65. The van der Waals surface area contributed by atoms with Crippen LogP contribution in [0.3, 0.4) is 0 Å². The molecule has 146 valence electrons. The Morgan fingerprint density at radius 3 is 2.63 bits per heavy atom. The monoisotopic (exact) mass is 406 g/mol. The lowest BCUT2D eigenvalue weighted by molar-refractivity contribution is -0.655. The second-order valence-corrected chi connectivity index (χ2v) is 10.3. The van der Waals surface area contributed by atoms with E-state index in [2.05, 4.69) is 23.8 Å². The first-order valence-corrected chi connectivity index (χ1v) is 11.3. The molecule has 4 rings (SSSR count). The van der Waals surface area contributed by atoms with Crippen molar-refractivity contribution in [3.05, 3.63) is 29.8 Å². The van der Waals surface area contributed by atoms with Crippen LogP contribution in [0.15, 0.2) is 29.3 Å². The third kappa shape index (κ3) is 2.85. The number of hydrogen-bond acceptors (Lipinski definition) is 6. The van der Waals surface area contributed by atoms with Gasteiger partial charge in [0.1, 0.15) is 23.8 Å². The Labute approximate surface area is 169 Å². The second kappa shape index (κ2) is 6.51. The summed E-state index contributed by atoms with van der Waals surface area (Å²) in [6.07, 6.45) is 1.91. The van der Waals surface area contributed by atoms with Crippen molar-refractivity contribution >= 4 is 40.6 Å². The fourth-order valence-corrected chi connectivity index (χ4v) is 6.35. The number of aliphatic imine (C=N–C) groups is 1. The van der Waals surface area contributed by atoms with Crippen LogP contribution in [-0.4, -0.2) is 49.9 Å². The van der Waals surface area contributed by atoms with Crippen LogP contribution in [0.2, 0.25) is 0 Å². The number of thioether (sulfide) groups is 1. The van der Waals surface area contributed by atoms with E-state index in [-0.39, 0.29) is 11.0 Å². The number of anilines is 1. The molecule has 0 bridgehead atoms. The highest BCUT2D eigenvalue weighted by Crippen LogP contribution is 2.70. The molecule has 3 aliphatic heterocycles. The quantitative estimate of drug-likeness (QED) is 0.321. The predicted molar refractivity (Wildman–Crippen MR) is 114 cm³/mol. The minimum atomic E-state index is -0.337. The topological polar surface area (TPSA) is 61.7 Å². The first kappa shape index (κ1) is 19.3. The van der Waals surface area contributed by atoms with E-state index in [0.29, 0.717) is 34.7 Å². The molecule has 4 unspecified atom stereocenters. The van der Waals surface area contributed by atoms with E-state index in [9.17, 15) is 4.79 Å². The second-order valence-electron chi connectivity index (χ2n) is 8.92. The largest absolute Gasteiger partial charge is 0.320 e. The zero-order valence-corrected chi connectivity index (χ0v) is 18.0. The van der Waals surface area contributed by atoms with E-state index < -0.39 is 0 Å². The van der Waals surface area contributed by atoms with Crippen molar-refractivity contribution in [1.82, 2.24) is 0 Å². The van der Waals surface area contributed by atoms with Crippen LogP contribution in [0.1, 0.15) is 39.7 Å². The van der Waals surface area contributed by atoms with Crippen molar-refractivity contribution in [2.75, 3.05) is 17.0 Å². The molecule has 0 radical (unpaired) electrons. The minimum absolute atomic E-state index is 0.139. The van der Waals surface area contributed by atoms with Crippen LogP contribution >= 0.6 is 24.0 Å². The van der Waals surface area contributed by atoms with Crippen molar-refractivity contribution in [3.8, 4) is 0 Å². The highest BCUT2D eigenvalue weighted by Gasteiger charge is 2.99. The molecule has 3 heterocycles. The average Bonchev–Trinajstić information content (AvgIpc) is 3.43. The summed E-state index contributed by atoms with van der Waals surface area (Å²) in [6, 6.07) is 8.93. The van der Waals surface area contributed by atoms with E-state index in [0.717, 1.165) is 30.8 Å². The van der Waals surface area contributed by atoms with Gasteiger partial charge in [0.2, 0.25) is 11.6 Å². The summed E-state index contributed by atoms with van der Waals surface area (Å²) in [5.74, 6) is 1.39. The molecule has 27 heavy (non-hydrogen) atoms. The van der Waals surface area contributed by atoms with Gasteiger partial charge in [0, 0.05) is 17.9 Å². The van der Waals surface area contributed by atoms with Crippen LogP contribution in [0.4, 0.5) is 5.69 Å². The fraction of sp³-hybridized carbons (Fsp3) is 0.600. The summed E-state index contributed by atoms with van der Waals surface area (Å²) in [5, 5.41) is 1.20. The molecule has 0 aliphatic carbocycles. The van der Waals surface area contributed by atoms with Gasteiger partial charge in [0.05, 0.1) is 11.5 Å². The van der Waals surface area contributed by atoms with Gasteiger partial charge in [0.25, 0.3) is 0 Å². The normalized spacial score (nSPS) is 34.0. The maximum Gasteiger partial charge on any atom is 0.320 e. The van der Waals surface area contributed by atoms with Crippen molar-refractivity contribution in [3.63, 3.8) is 0 Å². The van der Waals surface area contributed by atoms with Gasteiger partial charge >= 0.3 is 5.91 Å². The molecular formula is C20H28N3O2S2+. The van der Waals surface area contributed by atoms with Gasteiger partial charge in [-0.3, -0.25) is 4.99 Å². The van der Waals surface area contributed by atoms with Gasteiger partial charge < -0.3 is 9.27 Å². The Bertz CT molecular complexity index is 789. The third-order valence-electron chi connectivity index (χ3n) is 6.20. The number of carbonyl (C=O) groups is 1. The number of benzene rings is 1. The van der Waals surface area contributed by atoms with E-state index in [1.165, 1.54) is 10.6 Å². The van der Waals surface area contributed by atoms with Crippen LogP contribution < -0.4 is 4.72 Å². The van der Waals surface area contributed by atoms with Crippen LogP contribution in [0, 0.1) is 5.41 Å². The van der Waals surface area contributed by atoms with Crippen molar-refractivity contribution < 1.29 is 13.8 Å². The van der Waals surface area contributed by atoms with Gasteiger partial charge in [-0.1, -0.05) is 19.1 Å². The number of amides is 1. The minimum Gasteiger partial charge on any atom is -0.312 e. The molecule has 5 nitrogen and oxygen atoms in total. The predicted octanol–water partition coefficient (Wildman–Crippen LogP) is 4.21. The number of nitrogens with zero attached hydrogens (tertiary/aromatic N) is 2. The highest BCUT2D eigenvalue weighted by atomic mass is 32.2. The third-order valence-corrected chi connectivity index (χ3v) is 7.81. The molecule has 1 amide bonds. The van der Waals surface area contributed by atoms with Crippen molar-refractivity contribution in [2.45, 2.75) is 58.2 Å². The maximum absolute atomic E-state index is 13.3. The molecule has 1 aromatic carbocycles. The SMILES string of the molecule is CCC1CSC(C2(Cc3ccc(NSO)cc3)C3C[N+]32C(=O)C(C)(C)C)=N1. The van der Waals surface area contributed by atoms with Gasteiger partial charge in [-0.25, -0.2) is 9.28 Å². The number of hydrogen-bond donors (Lipinski definition) is 2. The summed E-state index contributed by atoms with van der Waals surface area (Å²) in [4.78, 5) is 18.3. The number of nitrogens with one attached hydrogen (secondary N) is 1. The lowest BCUT2D eigenvalue weighted by Gasteiger charge is -2.26. The van der Waals surface area contributed by atoms with Crippen LogP contribution in [0.5, 0.6) is 0 Å². The zero-order valence-electron chi connectivity index (χ0n) is 16.4. The van der Waals surface area contributed by atoms with Crippen LogP contribution in [-0.2, 0) is 11.2 Å². The Morgan fingerprint density at radius 1 is 1.41 bits per heavy atom. The molecule has 2 saturated heterocycles. The zero-order chi connectivity index (χ0) is 19.4. The van der Waals surface area contributed by atoms with E-state index >= 15 is 0 Å². The highest BCUT2D eigenvalue weighted by molar-refractivity contribution is 8.14. The number of carbonyl (C=O) groups excluding carboxylic acids is 1. The summed E-state index contributed by atoms with van der Waals surface area (Å²) in [5.41, 5.74) is 1.61. The van der Waals surface area contributed by atoms with E-state index in [1.54, 1.807) is 0 Å². The number of fused-ring (bicyclic) bond motifs is 1. The molecule has 3 aliphatic rings. The van der Waals surface area contributed by atoms with Gasteiger partial charge in [0.15, 0.2) is 0 Å². The smallest absolute Gasteiger partial charge is 0.312 e. The van der Waals surface area contributed by atoms with Gasteiger partial charge in [-0.2, -0.15) is 0 Å². The lowest BCUT2D eigenvalue weighted by atomic mass is 9.89. The Kier molecular flexibility index (Phi) is 4.65. The Morgan fingerprint density at radius 2 is 2.11 bits per heavy atom. The number of quaternary nitrogens is 1. The first-order chi connectivity index (χ1) is 12.8. The molecular weight excluding hydrogens is 378 g/mol. The molecule has 2 N–H and O–H groups in total. The molecule has 4 atom stereocenters. The summed E-state index contributed by atoms with van der Waals surface area (Å²) >= 11 is 2.47. The Hall–Kier alpha value is -1.02. The van der Waals surface area contributed by atoms with Crippen LogP contribution in [0.25, 0.3) is 0 Å². The molecule has 2 fully saturated rings. The molecule has 0 saturated carbocycles. The molecule has 1 aromatic rings. The summed E-state index contributed by atoms with van der Waals surface area (Å²) in [6.45, 7) is 9.26. The van der Waals surface area contributed by atoms with Crippen molar-refractivity contribution in [2.24, 2.45) is 10.4 Å². The average molecular weight is 407 g/mol. The van der Waals surface area contributed by atoms with Gasteiger partial charge in [-0.15, -0.1) is 11.8 Å². The van der Waals surface area contributed by atoms with E-state index in [1.807, 2.05) is 44.7 Å². The van der Waals surface area contributed by atoms with E-state index in [4.69, 9.17) is 9.55 Å². The van der Waals surface area contributed by atoms with Gasteiger partial charge in [-0.05, 0) is 44.9 Å². The molecule has 0 spiro atoms. The lowest BCUT2D eigenvalue weighted by Crippen LogP contribution is -2.49. The number of rotatable bonds is 6. The van der Waals surface area contributed by atoms with Crippen molar-refractivity contribution in [1.29, 1.82) is 0 Å². The standard InChI is InChI=1S/C20H27N3O2S2/c1-5-14-12-26-17(21-14)20(10-13-6-8-15(9-7-13)22-27-25)16-11-23(16,20)18(24)19(2,3)4/h6-9,14,16,22H,5,10-12H2,1-4H3/p+1. The molecule has 7 heteroatoms. The fourth-order valence-electron chi connectivity index (χ4n) is 4.60. The first-order valence-electron chi connectivity index (χ1n) is 9.59.